The van der Waals surface area contributed by atoms with E-state index in [0.717, 1.165) is 5.56 Å². The number of hydrogen-bond acceptors (Lipinski definition) is 4. The van der Waals surface area contributed by atoms with Gasteiger partial charge in [0.1, 0.15) is 5.82 Å². The molecular formula is C12H12Cl2N4. The summed E-state index contributed by atoms with van der Waals surface area (Å²) in [7, 11) is 1.80. The lowest BCUT2D eigenvalue weighted by Gasteiger charge is -2.18. The highest BCUT2D eigenvalue weighted by Gasteiger charge is 2.19. The van der Waals surface area contributed by atoms with Gasteiger partial charge in [0.05, 0.1) is 21.8 Å². The molecule has 0 bridgehead atoms. The Kier molecular flexibility index (Phi) is 4.01. The van der Waals surface area contributed by atoms with Gasteiger partial charge in [-0.25, -0.2) is 4.98 Å². The SMILES string of the molecule is CNC(c1cc(Cl)cnc1N)c1ncccc1Cl. The Morgan fingerprint density at radius 1 is 1.33 bits per heavy atom. The zero-order chi connectivity index (χ0) is 13.1. The highest BCUT2D eigenvalue weighted by atomic mass is 35.5. The van der Waals surface area contributed by atoms with E-state index in [0.29, 0.717) is 21.6 Å². The molecule has 6 heteroatoms. The number of rotatable bonds is 3. The number of halogens is 2. The third-order valence-corrected chi connectivity index (χ3v) is 3.10. The second-order valence-corrected chi connectivity index (χ2v) is 4.56. The third kappa shape index (κ3) is 2.56. The molecule has 2 aromatic rings. The fraction of sp³-hybridized carbons (Fsp3) is 0.167. The summed E-state index contributed by atoms with van der Waals surface area (Å²) in [5.74, 6) is 0.403. The van der Waals surface area contributed by atoms with Crippen molar-refractivity contribution in [1.82, 2.24) is 15.3 Å². The van der Waals surface area contributed by atoms with E-state index in [1.54, 1.807) is 31.4 Å². The summed E-state index contributed by atoms with van der Waals surface area (Å²) in [6.45, 7) is 0. The van der Waals surface area contributed by atoms with Crippen molar-refractivity contribution in [2.45, 2.75) is 6.04 Å². The fourth-order valence-electron chi connectivity index (χ4n) is 1.75. The predicted molar refractivity (Wildman–Crippen MR) is 73.8 cm³/mol. The number of pyridine rings is 2. The Morgan fingerprint density at radius 3 is 2.78 bits per heavy atom. The Labute approximate surface area is 115 Å². The van der Waals surface area contributed by atoms with Crippen molar-refractivity contribution < 1.29 is 0 Å². The highest BCUT2D eigenvalue weighted by Crippen LogP contribution is 2.29. The summed E-state index contributed by atoms with van der Waals surface area (Å²) in [5, 5.41) is 4.20. The molecule has 18 heavy (non-hydrogen) atoms. The van der Waals surface area contributed by atoms with Crippen LogP contribution in [0, 0.1) is 0 Å². The smallest absolute Gasteiger partial charge is 0.128 e. The van der Waals surface area contributed by atoms with Gasteiger partial charge in [-0.05, 0) is 25.2 Å². The first-order valence-electron chi connectivity index (χ1n) is 5.32. The van der Waals surface area contributed by atoms with E-state index < -0.39 is 0 Å². The zero-order valence-electron chi connectivity index (χ0n) is 9.69. The number of hydrogen-bond donors (Lipinski definition) is 2. The van der Waals surface area contributed by atoms with Crippen molar-refractivity contribution in [3.05, 3.63) is 51.9 Å². The van der Waals surface area contributed by atoms with E-state index in [9.17, 15) is 0 Å². The summed E-state index contributed by atoms with van der Waals surface area (Å²) in [6, 6.07) is 5.07. The molecule has 0 amide bonds. The van der Waals surface area contributed by atoms with E-state index >= 15 is 0 Å². The van der Waals surface area contributed by atoms with Crippen molar-refractivity contribution in [3.63, 3.8) is 0 Å². The van der Waals surface area contributed by atoms with Gasteiger partial charge >= 0.3 is 0 Å². The van der Waals surface area contributed by atoms with Gasteiger partial charge in [-0.1, -0.05) is 23.2 Å². The maximum absolute atomic E-state index is 6.14. The molecule has 1 atom stereocenters. The van der Waals surface area contributed by atoms with Gasteiger partial charge < -0.3 is 11.1 Å². The normalized spacial score (nSPS) is 12.4. The van der Waals surface area contributed by atoms with Crippen molar-refractivity contribution in [3.8, 4) is 0 Å². The molecule has 0 spiro atoms. The largest absolute Gasteiger partial charge is 0.383 e. The van der Waals surface area contributed by atoms with Crippen LogP contribution in [0.15, 0.2) is 30.6 Å². The van der Waals surface area contributed by atoms with E-state index in [1.807, 2.05) is 0 Å². The lowest BCUT2D eigenvalue weighted by Crippen LogP contribution is -2.21. The summed E-state index contributed by atoms with van der Waals surface area (Å²) in [5.41, 5.74) is 7.32. The average molecular weight is 283 g/mol. The molecule has 2 rings (SSSR count). The number of aromatic nitrogens is 2. The van der Waals surface area contributed by atoms with E-state index in [-0.39, 0.29) is 6.04 Å². The van der Waals surface area contributed by atoms with Gasteiger partial charge in [-0.15, -0.1) is 0 Å². The molecule has 2 aromatic heterocycles. The van der Waals surface area contributed by atoms with E-state index in [1.165, 1.54) is 6.20 Å². The standard InChI is InChI=1S/C12H12Cl2N4/c1-16-10(11-9(14)3-2-4-17-11)8-5-7(13)6-18-12(8)15/h2-6,10,16H,1H3,(H2,15,18). The number of nitrogen functional groups attached to an aromatic ring is 1. The molecular weight excluding hydrogens is 271 g/mol. The first-order chi connectivity index (χ1) is 8.63. The van der Waals surface area contributed by atoms with Crippen LogP contribution in [0.4, 0.5) is 5.82 Å². The van der Waals surface area contributed by atoms with E-state index in [2.05, 4.69) is 15.3 Å². The van der Waals surface area contributed by atoms with Crippen molar-refractivity contribution in [1.29, 1.82) is 0 Å². The van der Waals surface area contributed by atoms with Crippen LogP contribution in [0.25, 0.3) is 0 Å². The Bertz CT molecular complexity index is 560. The summed E-state index contributed by atoms with van der Waals surface area (Å²) >= 11 is 12.1. The summed E-state index contributed by atoms with van der Waals surface area (Å²) < 4.78 is 0. The quantitative estimate of drug-likeness (QED) is 0.909. The molecule has 4 nitrogen and oxygen atoms in total. The first-order valence-corrected chi connectivity index (χ1v) is 6.07. The molecule has 0 radical (unpaired) electrons. The maximum Gasteiger partial charge on any atom is 0.128 e. The van der Waals surface area contributed by atoms with Crippen LogP contribution in [0.1, 0.15) is 17.3 Å². The minimum absolute atomic E-state index is 0.245. The van der Waals surface area contributed by atoms with Crippen molar-refractivity contribution >= 4 is 29.0 Å². The zero-order valence-corrected chi connectivity index (χ0v) is 11.2. The Hall–Kier alpha value is -1.36. The summed E-state index contributed by atoms with van der Waals surface area (Å²) in [6.07, 6.45) is 3.19. The molecule has 0 aromatic carbocycles. The molecule has 0 saturated carbocycles. The first kappa shape index (κ1) is 13.1. The van der Waals surface area contributed by atoms with Gasteiger partial charge in [-0.2, -0.15) is 0 Å². The lowest BCUT2D eigenvalue weighted by molar-refractivity contribution is 0.671. The van der Waals surface area contributed by atoms with E-state index in [4.69, 9.17) is 28.9 Å². The molecule has 0 saturated heterocycles. The maximum atomic E-state index is 6.14. The number of nitrogens with one attached hydrogen (secondary N) is 1. The molecule has 2 heterocycles. The van der Waals surface area contributed by atoms with Crippen LogP contribution < -0.4 is 11.1 Å². The fourth-order valence-corrected chi connectivity index (χ4v) is 2.14. The van der Waals surface area contributed by atoms with Crippen LogP contribution in [-0.2, 0) is 0 Å². The van der Waals surface area contributed by atoms with Crippen LogP contribution in [0.3, 0.4) is 0 Å². The van der Waals surface area contributed by atoms with Crippen molar-refractivity contribution in [2.24, 2.45) is 0 Å². The Balaban J connectivity index is 2.52. The van der Waals surface area contributed by atoms with Gasteiger partial charge in [-0.3, -0.25) is 4.98 Å². The molecule has 0 aliphatic rings. The van der Waals surface area contributed by atoms with Gasteiger partial charge in [0.25, 0.3) is 0 Å². The van der Waals surface area contributed by atoms with Crippen molar-refractivity contribution in [2.75, 3.05) is 12.8 Å². The molecule has 3 N–H and O–H groups in total. The predicted octanol–water partition coefficient (Wildman–Crippen LogP) is 2.67. The van der Waals surface area contributed by atoms with Crippen LogP contribution >= 0.6 is 23.2 Å². The average Bonchev–Trinajstić information content (AvgIpc) is 2.36. The van der Waals surface area contributed by atoms with Gasteiger partial charge in [0.2, 0.25) is 0 Å². The number of nitrogens with two attached hydrogens (primary N) is 1. The second kappa shape index (κ2) is 5.52. The summed E-state index contributed by atoms with van der Waals surface area (Å²) in [4.78, 5) is 8.31. The second-order valence-electron chi connectivity index (χ2n) is 3.72. The monoisotopic (exact) mass is 282 g/mol. The van der Waals surface area contributed by atoms with Crippen LogP contribution in [-0.4, -0.2) is 17.0 Å². The molecule has 0 fully saturated rings. The van der Waals surface area contributed by atoms with Crippen LogP contribution in [0.5, 0.6) is 0 Å². The molecule has 0 aliphatic carbocycles. The van der Waals surface area contributed by atoms with Gasteiger partial charge in [0, 0.05) is 18.0 Å². The third-order valence-electron chi connectivity index (χ3n) is 2.58. The molecule has 94 valence electrons. The number of nitrogens with zero attached hydrogens (tertiary/aromatic N) is 2. The highest BCUT2D eigenvalue weighted by molar-refractivity contribution is 6.31. The Morgan fingerprint density at radius 2 is 2.11 bits per heavy atom. The minimum atomic E-state index is -0.245. The van der Waals surface area contributed by atoms with Gasteiger partial charge in [0.15, 0.2) is 0 Å². The minimum Gasteiger partial charge on any atom is -0.383 e. The number of anilines is 1. The topological polar surface area (TPSA) is 63.8 Å². The van der Waals surface area contributed by atoms with Crippen LogP contribution in [0.2, 0.25) is 10.0 Å². The lowest BCUT2D eigenvalue weighted by atomic mass is 10.0. The molecule has 1 unspecified atom stereocenters. The molecule has 0 aliphatic heterocycles.